The molecule has 0 bridgehead atoms. The molecule has 1 aliphatic rings. The van der Waals surface area contributed by atoms with E-state index in [1.807, 2.05) is 0 Å². The van der Waals surface area contributed by atoms with Gasteiger partial charge in [0.1, 0.15) is 0 Å². The van der Waals surface area contributed by atoms with E-state index in [-0.39, 0.29) is 10.6 Å². The van der Waals surface area contributed by atoms with Crippen LogP contribution in [0.1, 0.15) is 32.3 Å². The van der Waals surface area contributed by atoms with Crippen LogP contribution < -0.4 is 4.72 Å². The van der Waals surface area contributed by atoms with Gasteiger partial charge in [0.25, 0.3) is 5.69 Å². The Morgan fingerprint density at radius 1 is 1.28 bits per heavy atom. The van der Waals surface area contributed by atoms with Crippen LogP contribution in [0.25, 0.3) is 0 Å². The molecular weight excluding hydrogens is 342 g/mol. The number of aryl methyl sites for hydroxylation is 1. The van der Waals surface area contributed by atoms with Crippen molar-refractivity contribution in [2.24, 2.45) is 11.8 Å². The SMILES string of the molecule is Cc1ccc(S(=O)(=O)NCCCN2C[C@H](C)C[C@@H](C)C2)cc1[N+](=O)[O-]. The highest BCUT2D eigenvalue weighted by atomic mass is 32.2. The molecule has 0 spiro atoms. The molecule has 0 amide bonds. The summed E-state index contributed by atoms with van der Waals surface area (Å²) in [5.41, 5.74) is 0.261. The van der Waals surface area contributed by atoms with E-state index in [9.17, 15) is 18.5 Å². The van der Waals surface area contributed by atoms with Crippen molar-refractivity contribution in [2.45, 2.75) is 38.5 Å². The Kier molecular flexibility index (Phi) is 6.53. The van der Waals surface area contributed by atoms with Gasteiger partial charge in [0, 0.05) is 31.3 Å². The Morgan fingerprint density at radius 3 is 2.52 bits per heavy atom. The lowest BCUT2D eigenvalue weighted by Gasteiger charge is -2.34. The van der Waals surface area contributed by atoms with Crippen LogP contribution in [0.15, 0.2) is 23.1 Å². The largest absolute Gasteiger partial charge is 0.303 e. The van der Waals surface area contributed by atoms with E-state index in [4.69, 9.17) is 0 Å². The van der Waals surface area contributed by atoms with Gasteiger partial charge in [-0.05, 0) is 44.2 Å². The minimum absolute atomic E-state index is 0.0648. The third kappa shape index (κ3) is 5.49. The quantitative estimate of drug-likeness (QED) is 0.453. The van der Waals surface area contributed by atoms with Crippen LogP contribution in [0.3, 0.4) is 0 Å². The number of benzene rings is 1. The van der Waals surface area contributed by atoms with Gasteiger partial charge in [-0.2, -0.15) is 0 Å². The van der Waals surface area contributed by atoms with Gasteiger partial charge in [0.2, 0.25) is 10.0 Å². The highest BCUT2D eigenvalue weighted by Gasteiger charge is 2.22. The van der Waals surface area contributed by atoms with E-state index in [1.54, 1.807) is 6.92 Å². The zero-order valence-electron chi connectivity index (χ0n) is 15.1. The average molecular weight is 369 g/mol. The van der Waals surface area contributed by atoms with Crippen LogP contribution in [0.2, 0.25) is 0 Å². The molecule has 140 valence electrons. The van der Waals surface area contributed by atoms with Gasteiger partial charge in [0.05, 0.1) is 9.82 Å². The second-order valence-corrected chi connectivity index (χ2v) is 8.93. The molecule has 1 aromatic carbocycles. The van der Waals surface area contributed by atoms with Crippen molar-refractivity contribution in [1.82, 2.24) is 9.62 Å². The molecule has 0 saturated carbocycles. The van der Waals surface area contributed by atoms with E-state index < -0.39 is 14.9 Å². The highest BCUT2D eigenvalue weighted by molar-refractivity contribution is 7.89. The maximum Gasteiger partial charge on any atom is 0.273 e. The van der Waals surface area contributed by atoms with Crippen molar-refractivity contribution in [2.75, 3.05) is 26.2 Å². The molecule has 1 saturated heterocycles. The van der Waals surface area contributed by atoms with Crippen molar-refractivity contribution in [1.29, 1.82) is 0 Å². The lowest BCUT2D eigenvalue weighted by molar-refractivity contribution is -0.385. The van der Waals surface area contributed by atoms with Gasteiger partial charge in [-0.25, -0.2) is 13.1 Å². The predicted molar refractivity (Wildman–Crippen MR) is 97.0 cm³/mol. The molecule has 2 rings (SSSR count). The lowest BCUT2D eigenvalue weighted by atomic mass is 9.92. The standard InChI is InChI=1S/C17H27N3O4S/c1-13-9-14(2)12-19(11-13)8-4-7-18-25(23,24)16-6-5-15(3)17(10-16)20(21)22/h5-6,10,13-14,18H,4,7-9,11-12H2,1-3H3/t13-,14-/m1/s1. The Labute approximate surface area is 149 Å². The van der Waals surface area contributed by atoms with Crippen LogP contribution in [-0.4, -0.2) is 44.4 Å². The third-order valence-electron chi connectivity index (χ3n) is 4.58. The summed E-state index contributed by atoms with van der Waals surface area (Å²) in [7, 11) is -3.73. The van der Waals surface area contributed by atoms with Gasteiger partial charge in [0.15, 0.2) is 0 Å². The number of hydrogen-bond acceptors (Lipinski definition) is 5. The number of nitro groups is 1. The first-order valence-electron chi connectivity index (χ1n) is 8.66. The molecule has 0 aliphatic carbocycles. The summed E-state index contributed by atoms with van der Waals surface area (Å²) in [6, 6.07) is 3.98. The van der Waals surface area contributed by atoms with Crippen LogP contribution in [-0.2, 0) is 10.0 Å². The summed E-state index contributed by atoms with van der Waals surface area (Å²) in [6.45, 7) is 9.37. The highest BCUT2D eigenvalue weighted by Crippen LogP contribution is 2.22. The first-order chi connectivity index (χ1) is 11.7. The van der Waals surface area contributed by atoms with Gasteiger partial charge < -0.3 is 4.90 Å². The number of sulfonamides is 1. The first-order valence-corrected chi connectivity index (χ1v) is 10.1. The Bertz CT molecular complexity index is 711. The molecule has 0 radical (unpaired) electrons. The Morgan fingerprint density at radius 2 is 1.92 bits per heavy atom. The van der Waals surface area contributed by atoms with Gasteiger partial charge in [-0.3, -0.25) is 10.1 Å². The van der Waals surface area contributed by atoms with E-state index >= 15 is 0 Å². The molecular formula is C17H27N3O4S. The predicted octanol–water partition coefficient (Wildman–Crippen LogP) is 2.55. The molecule has 7 nitrogen and oxygen atoms in total. The number of piperidine rings is 1. The average Bonchev–Trinajstić information content (AvgIpc) is 2.50. The van der Waals surface area contributed by atoms with Gasteiger partial charge in [-0.1, -0.05) is 19.9 Å². The number of nitrogens with zero attached hydrogens (tertiary/aromatic N) is 2. The molecule has 8 heteroatoms. The number of nitro benzene ring substituents is 1. The normalized spacial score (nSPS) is 22.0. The van der Waals surface area contributed by atoms with Crippen molar-refractivity contribution in [3.8, 4) is 0 Å². The van der Waals surface area contributed by atoms with E-state index in [0.29, 0.717) is 30.4 Å². The monoisotopic (exact) mass is 369 g/mol. The fourth-order valence-corrected chi connectivity index (χ4v) is 4.61. The maximum atomic E-state index is 12.3. The second-order valence-electron chi connectivity index (χ2n) is 7.16. The smallest absolute Gasteiger partial charge is 0.273 e. The number of likely N-dealkylation sites (tertiary alicyclic amines) is 1. The zero-order chi connectivity index (χ0) is 18.6. The minimum Gasteiger partial charge on any atom is -0.303 e. The van der Waals surface area contributed by atoms with E-state index in [1.165, 1.54) is 18.6 Å². The van der Waals surface area contributed by atoms with Crippen LogP contribution in [0, 0.1) is 28.9 Å². The van der Waals surface area contributed by atoms with Crippen LogP contribution in [0.4, 0.5) is 5.69 Å². The fraction of sp³-hybridized carbons (Fsp3) is 0.647. The van der Waals surface area contributed by atoms with E-state index in [2.05, 4.69) is 23.5 Å². The first kappa shape index (κ1) is 19.8. The molecule has 1 aliphatic heterocycles. The number of hydrogen-bond donors (Lipinski definition) is 1. The van der Waals surface area contributed by atoms with Crippen LogP contribution in [0.5, 0.6) is 0 Å². The molecule has 1 N–H and O–H groups in total. The summed E-state index contributed by atoms with van der Waals surface area (Å²) in [6.07, 6.45) is 1.96. The lowest BCUT2D eigenvalue weighted by Crippen LogP contribution is -2.40. The Hall–Kier alpha value is -1.51. The molecule has 0 unspecified atom stereocenters. The number of nitrogens with one attached hydrogen (secondary N) is 1. The van der Waals surface area contributed by atoms with Crippen molar-refractivity contribution in [3.63, 3.8) is 0 Å². The zero-order valence-corrected chi connectivity index (χ0v) is 15.9. The Balaban J connectivity index is 1.89. The maximum absolute atomic E-state index is 12.3. The number of rotatable bonds is 7. The van der Waals surface area contributed by atoms with Crippen molar-refractivity contribution < 1.29 is 13.3 Å². The molecule has 2 atom stereocenters. The fourth-order valence-electron chi connectivity index (χ4n) is 3.52. The molecule has 0 aromatic heterocycles. The molecule has 1 fully saturated rings. The van der Waals surface area contributed by atoms with E-state index in [0.717, 1.165) is 25.7 Å². The van der Waals surface area contributed by atoms with Crippen molar-refractivity contribution in [3.05, 3.63) is 33.9 Å². The minimum atomic E-state index is -3.73. The topological polar surface area (TPSA) is 92.6 Å². The van der Waals surface area contributed by atoms with Crippen molar-refractivity contribution >= 4 is 15.7 Å². The summed E-state index contributed by atoms with van der Waals surface area (Å²) in [5, 5.41) is 11.0. The van der Waals surface area contributed by atoms with Crippen LogP contribution >= 0.6 is 0 Å². The summed E-state index contributed by atoms with van der Waals surface area (Å²) < 4.78 is 27.2. The molecule has 25 heavy (non-hydrogen) atoms. The molecule has 1 aromatic rings. The second kappa shape index (κ2) is 8.25. The summed E-state index contributed by atoms with van der Waals surface area (Å²) >= 11 is 0. The van der Waals surface area contributed by atoms with Gasteiger partial charge in [-0.15, -0.1) is 0 Å². The summed E-state index contributed by atoms with van der Waals surface area (Å²) in [5.74, 6) is 1.35. The molecule has 1 heterocycles. The van der Waals surface area contributed by atoms with Gasteiger partial charge >= 0.3 is 0 Å². The summed E-state index contributed by atoms with van der Waals surface area (Å²) in [4.78, 5) is 12.7. The third-order valence-corrected chi connectivity index (χ3v) is 6.03.